The summed E-state index contributed by atoms with van der Waals surface area (Å²) >= 11 is 0. The monoisotopic (exact) mass is 1190 g/mol. The molecule has 0 rings (SSSR count). The van der Waals surface area contributed by atoms with Gasteiger partial charge in [0.2, 0.25) is 5.91 Å². The first-order chi connectivity index (χ1) is 40.9. The van der Waals surface area contributed by atoms with Gasteiger partial charge >= 0.3 is 13.8 Å². The summed E-state index contributed by atoms with van der Waals surface area (Å²) in [4.78, 5) is 37.9. The summed E-state index contributed by atoms with van der Waals surface area (Å²) in [6.07, 6.45) is 88.8. The third kappa shape index (κ3) is 62.7. The third-order valence-electron chi connectivity index (χ3n) is 14.3. The van der Waals surface area contributed by atoms with Crippen LogP contribution in [0.4, 0.5) is 0 Å². The Morgan fingerprint density at radius 3 is 1.14 bits per heavy atom. The molecule has 84 heavy (non-hydrogen) atoms. The van der Waals surface area contributed by atoms with E-state index in [1.165, 1.54) is 83.5 Å². The second-order valence-corrected chi connectivity index (χ2v) is 25.0. The van der Waals surface area contributed by atoms with E-state index in [0.717, 1.165) is 154 Å². The topological polar surface area (TPSA) is 111 Å². The molecule has 0 aromatic heterocycles. The highest BCUT2D eigenvalue weighted by molar-refractivity contribution is 7.47. The number of esters is 1. The Kier molecular flexibility index (Phi) is 59.4. The number of carbonyl (C=O) groups is 2. The van der Waals surface area contributed by atoms with Crippen molar-refractivity contribution in [2.24, 2.45) is 0 Å². The highest BCUT2D eigenvalue weighted by atomic mass is 31.2. The molecule has 480 valence electrons. The molecule has 3 unspecified atom stereocenters. The molecule has 0 aromatic carbocycles. The number of nitrogens with zero attached hydrogens (tertiary/aromatic N) is 1. The molecule has 10 heteroatoms. The molecule has 0 saturated carbocycles. The summed E-state index contributed by atoms with van der Waals surface area (Å²) in [7, 11) is 1.46. The molecule has 0 saturated heterocycles. The number of hydrogen-bond acceptors (Lipinski definition) is 6. The Bertz CT molecular complexity index is 1900. The molecule has 2 N–H and O–H groups in total. The zero-order valence-electron chi connectivity index (χ0n) is 54.8. The summed E-state index contributed by atoms with van der Waals surface area (Å²) in [6.45, 7) is 6.76. The lowest BCUT2D eigenvalue weighted by Crippen LogP contribution is -2.47. The molecule has 0 aromatic rings. The first-order valence-corrected chi connectivity index (χ1v) is 35.5. The molecule has 0 aliphatic rings. The number of phosphoric acid groups is 1. The van der Waals surface area contributed by atoms with Crippen LogP contribution in [-0.2, 0) is 27.9 Å². The fourth-order valence-corrected chi connectivity index (χ4v) is 9.91. The average molecular weight is 1190 g/mol. The Balaban J connectivity index is 5.19. The number of amides is 1. The van der Waals surface area contributed by atoms with Gasteiger partial charge in [0.15, 0.2) is 0 Å². The van der Waals surface area contributed by atoms with Crippen LogP contribution < -0.4 is 5.32 Å². The molecule has 0 radical (unpaired) electrons. The molecule has 0 aliphatic carbocycles. The van der Waals surface area contributed by atoms with Crippen molar-refractivity contribution in [3.05, 3.63) is 134 Å². The number of phosphoric ester groups is 1. The fourth-order valence-electron chi connectivity index (χ4n) is 9.17. The van der Waals surface area contributed by atoms with Crippen LogP contribution in [0.2, 0.25) is 0 Å². The number of ether oxygens (including phenoxy) is 1. The zero-order valence-corrected chi connectivity index (χ0v) is 55.7. The fraction of sp³-hybridized carbons (Fsp3) is 0.676. The van der Waals surface area contributed by atoms with Gasteiger partial charge in [-0.25, -0.2) is 4.57 Å². The molecule has 0 fully saturated rings. The van der Waals surface area contributed by atoms with Crippen LogP contribution >= 0.6 is 7.82 Å². The highest BCUT2D eigenvalue weighted by Crippen LogP contribution is 2.43. The molecular weight excluding hydrogens is 1060 g/mol. The largest absolute Gasteiger partial charge is 0.472 e. The van der Waals surface area contributed by atoms with Gasteiger partial charge in [-0.2, -0.15) is 0 Å². The van der Waals surface area contributed by atoms with E-state index >= 15 is 0 Å². The van der Waals surface area contributed by atoms with Crippen LogP contribution in [0.1, 0.15) is 271 Å². The summed E-state index contributed by atoms with van der Waals surface area (Å²) in [5, 5.41) is 3.05. The Morgan fingerprint density at radius 2 is 0.762 bits per heavy atom. The smallest absolute Gasteiger partial charge is 0.456 e. The summed E-state index contributed by atoms with van der Waals surface area (Å²) in [6, 6.07) is -0.872. The van der Waals surface area contributed by atoms with Crippen molar-refractivity contribution in [1.82, 2.24) is 5.32 Å². The van der Waals surface area contributed by atoms with Gasteiger partial charge in [0, 0.05) is 12.8 Å². The first-order valence-electron chi connectivity index (χ1n) is 34.0. The highest BCUT2D eigenvalue weighted by Gasteiger charge is 2.30. The number of allylic oxidation sites excluding steroid dienone is 21. The number of hydrogen-bond donors (Lipinski definition) is 2. The molecule has 9 nitrogen and oxygen atoms in total. The predicted octanol–water partition coefficient (Wildman–Crippen LogP) is 21.6. The first kappa shape index (κ1) is 80.2. The minimum Gasteiger partial charge on any atom is -0.456 e. The zero-order chi connectivity index (χ0) is 61.4. The Labute approximate surface area is 517 Å². The maximum absolute atomic E-state index is 13.6. The Morgan fingerprint density at radius 1 is 0.429 bits per heavy atom. The van der Waals surface area contributed by atoms with Crippen LogP contribution in [-0.4, -0.2) is 74.3 Å². The van der Waals surface area contributed by atoms with Crippen molar-refractivity contribution in [1.29, 1.82) is 0 Å². The van der Waals surface area contributed by atoms with Gasteiger partial charge in [-0.3, -0.25) is 18.6 Å². The van der Waals surface area contributed by atoms with Crippen LogP contribution in [0.5, 0.6) is 0 Å². The second-order valence-electron chi connectivity index (χ2n) is 23.6. The Hall–Kier alpha value is -3.85. The summed E-state index contributed by atoms with van der Waals surface area (Å²) < 4.78 is 30.8. The molecule has 1 amide bonds. The van der Waals surface area contributed by atoms with Crippen molar-refractivity contribution in [3.8, 4) is 0 Å². The van der Waals surface area contributed by atoms with Crippen molar-refractivity contribution in [2.45, 2.75) is 283 Å². The lowest BCUT2D eigenvalue weighted by atomic mass is 10.0. The molecule has 0 spiro atoms. The number of nitrogens with one attached hydrogen (secondary N) is 1. The van der Waals surface area contributed by atoms with E-state index < -0.39 is 20.0 Å². The van der Waals surface area contributed by atoms with Crippen molar-refractivity contribution >= 4 is 19.7 Å². The lowest BCUT2D eigenvalue weighted by molar-refractivity contribution is -0.870. The van der Waals surface area contributed by atoms with E-state index in [1.807, 2.05) is 33.3 Å². The maximum Gasteiger partial charge on any atom is 0.472 e. The van der Waals surface area contributed by atoms with E-state index in [1.54, 1.807) is 0 Å². The van der Waals surface area contributed by atoms with Gasteiger partial charge in [0.25, 0.3) is 0 Å². The standard InChI is InChI=1S/C74H127N2O7P/c1-7-10-13-16-19-22-25-28-30-32-34-36-37-38-39-41-43-45-47-49-52-55-58-61-64-67-74(78)83-72(65-62-59-56-53-50-27-24-21-18-15-12-9-3)71(70-82-84(79,80)81-69-68-76(4,5)6)75-73(77)66-63-60-57-54-51-48-46-44-42-40-35-33-31-29-26-23-20-17-14-11-8-2/h10-11,13-14,19-20,22-23,28-31,34-36,38-40,44,46,62,65,71-72H,7-9,12,15-18,21,24-27,32-33,37,41-43,45,47-61,63-64,66-70H2,1-6H3,(H-,75,77,79,80)/p+1/b13-10-,14-11-,22-19-,23-20-,30-28-,31-29-,36-34-,39-38-,40-35-,46-44-,65-62+. The summed E-state index contributed by atoms with van der Waals surface area (Å²) in [5.74, 6) is -0.540. The van der Waals surface area contributed by atoms with Gasteiger partial charge in [-0.05, 0) is 122 Å². The average Bonchev–Trinajstić information content (AvgIpc) is 3.64. The van der Waals surface area contributed by atoms with Crippen molar-refractivity contribution in [2.75, 3.05) is 40.9 Å². The van der Waals surface area contributed by atoms with Crippen LogP contribution in [0.15, 0.2) is 134 Å². The SMILES string of the molecule is CC/C=C\C/C=C\C/C=C\C/C=C\C/C=C\CCCCCCCCCCCC(=O)OC(/C=C/CCCCCCCCCCCC)C(COP(=O)(O)OCC[N+](C)(C)C)NC(=O)CCCCCCC/C=C\C/C=C\C/C=C\C/C=C\C/C=C\CC. The van der Waals surface area contributed by atoms with Crippen molar-refractivity contribution in [3.63, 3.8) is 0 Å². The molecule has 0 heterocycles. The number of carbonyl (C=O) groups excluding carboxylic acids is 2. The van der Waals surface area contributed by atoms with Gasteiger partial charge in [-0.15, -0.1) is 0 Å². The van der Waals surface area contributed by atoms with Gasteiger partial charge < -0.3 is 19.4 Å². The van der Waals surface area contributed by atoms with E-state index in [-0.39, 0.29) is 31.5 Å². The predicted molar refractivity (Wildman–Crippen MR) is 364 cm³/mol. The second kappa shape index (κ2) is 62.2. The minimum absolute atomic E-state index is 0.0280. The minimum atomic E-state index is -4.47. The summed E-state index contributed by atoms with van der Waals surface area (Å²) in [5.41, 5.74) is 0. The maximum atomic E-state index is 13.6. The number of quaternary nitrogens is 1. The van der Waals surface area contributed by atoms with Crippen LogP contribution in [0.25, 0.3) is 0 Å². The van der Waals surface area contributed by atoms with E-state index in [9.17, 15) is 19.0 Å². The van der Waals surface area contributed by atoms with E-state index in [0.29, 0.717) is 17.4 Å². The van der Waals surface area contributed by atoms with Crippen LogP contribution in [0.3, 0.4) is 0 Å². The molecular formula is C74H128N2O7P+. The van der Waals surface area contributed by atoms with Gasteiger partial charge in [0.1, 0.15) is 19.3 Å². The lowest BCUT2D eigenvalue weighted by Gasteiger charge is -2.27. The van der Waals surface area contributed by atoms with Crippen LogP contribution in [0, 0.1) is 0 Å². The quantitative estimate of drug-likeness (QED) is 0.0205. The van der Waals surface area contributed by atoms with E-state index in [2.05, 4.69) is 148 Å². The molecule has 0 aliphatic heterocycles. The number of unbranched alkanes of at least 4 members (excludes halogenated alkanes) is 24. The molecule has 0 bridgehead atoms. The third-order valence-corrected chi connectivity index (χ3v) is 15.3. The van der Waals surface area contributed by atoms with Crippen molar-refractivity contribution < 1.29 is 37.3 Å². The number of likely N-dealkylation sites (N-methyl/N-ethyl adjacent to an activating group) is 1. The van der Waals surface area contributed by atoms with E-state index in [4.69, 9.17) is 13.8 Å². The van der Waals surface area contributed by atoms with Gasteiger partial charge in [0.05, 0.1) is 33.8 Å². The normalized spacial score (nSPS) is 14.4. The molecule has 3 atom stereocenters. The number of rotatable bonds is 60. The van der Waals surface area contributed by atoms with Gasteiger partial charge in [-0.1, -0.05) is 270 Å².